The van der Waals surface area contributed by atoms with E-state index in [-0.39, 0.29) is 18.1 Å². The minimum absolute atomic E-state index is 0.0417. The van der Waals surface area contributed by atoms with E-state index in [0.29, 0.717) is 18.8 Å². The van der Waals surface area contributed by atoms with Crippen molar-refractivity contribution in [3.8, 4) is 0 Å². The Kier molecular flexibility index (Phi) is 5.07. The van der Waals surface area contributed by atoms with Crippen LogP contribution in [0.2, 0.25) is 0 Å². The molecule has 0 aromatic carbocycles. The van der Waals surface area contributed by atoms with Gasteiger partial charge >= 0.3 is 0 Å². The second-order valence-electron chi connectivity index (χ2n) is 5.80. The quantitative estimate of drug-likeness (QED) is 0.827. The van der Waals surface area contributed by atoms with Crippen LogP contribution in [0.1, 0.15) is 21.9 Å². The second kappa shape index (κ2) is 7.04. The number of amides is 1. The molecule has 2 atom stereocenters. The number of likely N-dealkylation sites (tertiary alicyclic amines) is 1. The molecule has 1 aromatic heterocycles. The summed E-state index contributed by atoms with van der Waals surface area (Å²) in [6.07, 6.45) is 1.12. The minimum atomic E-state index is 0.0417. The molecule has 0 bridgehead atoms. The number of fused-ring (bicyclic) bond motifs is 1. The molecule has 3 rings (SSSR count). The van der Waals surface area contributed by atoms with E-state index < -0.39 is 0 Å². The van der Waals surface area contributed by atoms with Crippen molar-refractivity contribution < 1.29 is 14.3 Å². The maximum atomic E-state index is 12.6. The highest BCUT2D eigenvalue weighted by atomic mass is 32.1. The standard InChI is InChI=1S/C15H23N3O3S/c1-11-16-12(10-22-11)15(19)18-4-3-14-13(9-18)17(5-7-20-2)6-8-21-14/h10,13-14H,3-9H2,1-2H3/t13-,14-/m1/s1. The molecule has 0 radical (unpaired) electrons. The van der Waals surface area contributed by atoms with E-state index in [1.165, 1.54) is 11.3 Å². The fraction of sp³-hybridized carbons (Fsp3) is 0.733. The van der Waals surface area contributed by atoms with Crippen LogP contribution in [-0.4, -0.2) is 79.3 Å². The monoisotopic (exact) mass is 325 g/mol. The third-order valence-electron chi connectivity index (χ3n) is 4.41. The van der Waals surface area contributed by atoms with Gasteiger partial charge in [0.25, 0.3) is 5.91 Å². The van der Waals surface area contributed by atoms with Gasteiger partial charge in [0.15, 0.2) is 0 Å². The maximum absolute atomic E-state index is 12.6. The van der Waals surface area contributed by atoms with E-state index in [4.69, 9.17) is 9.47 Å². The van der Waals surface area contributed by atoms with Crippen LogP contribution >= 0.6 is 11.3 Å². The fourth-order valence-electron chi connectivity index (χ4n) is 3.24. The third-order valence-corrected chi connectivity index (χ3v) is 5.18. The Morgan fingerprint density at radius 1 is 1.55 bits per heavy atom. The molecule has 6 nitrogen and oxygen atoms in total. The molecule has 1 amide bonds. The van der Waals surface area contributed by atoms with Gasteiger partial charge in [0.2, 0.25) is 0 Å². The molecule has 0 saturated carbocycles. The molecular weight excluding hydrogens is 302 g/mol. The summed E-state index contributed by atoms with van der Waals surface area (Å²) in [6.45, 7) is 6.65. The first kappa shape index (κ1) is 15.9. The molecule has 7 heteroatoms. The zero-order chi connectivity index (χ0) is 15.5. The Labute approximate surface area is 135 Å². The van der Waals surface area contributed by atoms with E-state index in [2.05, 4.69) is 9.88 Å². The lowest BCUT2D eigenvalue weighted by Gasteiger charge is -2.46. The van der Waals surface area contributed by atoms with Crippen LogP contribution in [0.4, 0.5) is 0 Å². The summed E-state index contributed by atoms with van der Waals surface area (Å²) in [7, 11) is 1.72. The third kappa shape index (κ3) is 3.32. The maximum Gasteiger partial charge on any atom is 0.273 e. The van der Waals surface area contributed by atoms with Gasteiger partial charge in [-0.15, -0.1) is 11.3 Å². The van der Waals surface area contributed by atoms with Gasteiger partial charge in [-0.1, -0.05) is 0 Å². The number of carbonyl (C=O) groups excluding carboxylic acids is 1. The van der Waals surface area contributed by atoms with E-state index in [1.54, 1.807) is 7.11 Å². The largest absolute Gasteiger partial charge is 0.383 e. The Balaban J connectivity index is 1.67. The molecule has 1 aromatic rings. The number of morpholine rings is 1. The normalized spacial score (nSPS) is 26.0. The molecule has 2 aliphatic heterocycles. The zero-order valence-corrected chi connectivity index (χ0v) is 14.0. The zero-order valence-electron chi connectivity index (χ0n) is 13.2. The van der Waals surface area contributed by atoms with E-state index >= 15 is 0 Å². The Hall–Kier alpha value is -1.02. The van der Waals surface area contributed by atoms with Gasteiger partial charge in [-0.2, -0.15) is 0 Å². The first-order chi connectivity index (χ1) is 10.7. The Bertz CT molecular complexity index is 522. The van der Waals surface area contributed by atoms with Crippen LogP contribution in [0.5, 0.6) is 0 Å². The molecule has 3 heterocycles. The van der Waals surface area contributed by atoms with Crippen LogP contribution in [0.25, 0.3) is 0 Å². The van der Waals surface area contributed by atoms with Crippen molar-refractivity contribution in [2.75, 3.05) is 46.5 Å². The lowest BCUT2D eigenvalue weighted by Crippen LogP contribution is -2.61. The molecule has 22 heavy (non-hydrogen) atoms. The summed E-state index contributed by atoms with van der Waals surface area (Å²) in [5.74, 6) is 0.0417. The second-order valence-corrected chi connectivity index (χ2v) is 6.86. The van der Waals surface area contributed by atoms with Crippen molar-refractivity contribution in [1.29, 1.82) is 0 Å². The number of aryl methyl sites for hydroxylation is 1. The Morgan fingerprint density at radius 3 is 3.14 bits per heavy atom. The molecule has 0 N–H and O–H groups in total. The number of carbonyl (C=O) groups is 1. The highest BCUT2D eigenvalue weighted by Gasteiger charge is 2.38. The lowest BCUT2D eigenvalue weighted by atomic mass is 9.98. The van der Waals surface area contributed by atoms with Crippen molar-refractivity contribution in [2.45, 2.75) is 25.5 Å². The summed E-state index contributed by atoms with van der Waals surface area (Å²) in [6, 6.07) is 0.265. The van der Waals surface area contributed by atoms with Gasteiger partial charge in [0, 0.05) is 38.7 Å². The van der Waals surface area contributed by atoms with Gasteiger partial charge in [0.1, 0.15) is 5.69 Å². The van der Waals surface area contributed by atoms with Crippen molar-refractivity contribution in [3.05, 3.63) is 16.1 Å². The van der Waals surface area contributed by atoms with Gasteiger partial charge in [-0.05, 0) is 13.3 Å². The van der Waals surface area contributed by atoms with Crippen molar-refractivity contribution in [2.24, 2.45) is 0 Å². The summed E-state index contributed by atoms with van der Waals surface area (Å²) < 4.78 is 11.1. The van der Waals surface area contributed by atoms with Crippen molar-refractivity contribution in [1.82, 2.24) is 14.8 Å². The number of rotatable bonds is 4. The molecule has 2 aliphatic rings. The lowest BCUT2D eigenvalue weighted by molar-refractivity contribution is -0.101. The van der Waals surface area contributed by atoms with E-state index in [9.17, 15) is 4.79 Å². The number of methoxy groups -OCH3 is 1. The summed E-state index contributed by atoms with van der Waals surface area (Å²) in [5, 5.41) is 2.78. The van der Waals surface area contributed by atoms with Crippen LogP contribution < -0.4 is 0 Å². The Morgan fingerprint density at radius 2 is 2.41 bits per heavy atom. The molecule has 2 saturated heterocycles. The number of aromatic nitrogens is 1. The SMILES string of the molecule is COCCN1CCO[C@@H]2CCN(C(=O)c3csc(C)n3)C[C@H]21. The van der Waals surface area contributed by atoms with Gasteiger partial charge in [-0.25, -0.2) is 4.98 Å². The number of piperidine rings is 1. The van der Waals surface area contributed by atoms with Crippen molar-refractivity contribution >= 4 is 17.2 Å². The average molecular weight is 325 g/mol. The number of nitrogens with zero attached hydrogens (tertiary/aromatic N) is 3. The summed E-state index contributed by atoms with van der Waals surface area (Å²) >= 11 is 1.52. The molecule has 0 aliphatic carbocycles. The topological polar surface area (TPSA) is 54.9 Å². The molecule has 2 fully saturated rings. The van der Waals surface area contributed by atoms with Crippen LogP contribution in [-0.2, 0) is 9.47 Å². The highest BCUT2D eigenvalue weighted by Crippen LogP contribution is 2.24. The number of hydrogen-bond donors (Lipinski definition) is 0. The molecule has 0 unspecified atom stereocenters. The minimum Gasteiger partial charge on any atom is -0.383 e. The predicted molar refractivity (Wildman–Crippen MR) is 84.3 cm³/mol. The number of ether oxygens (including phenoxy) is 2. The van der Waals surface area contributed by atoms with E-state index in [0.717, 1.165) is 37.7 Å². The molecule has 122 valence electrons. The van der Waals surface area contributed by atoms with Gasteiger partial charge in [0.05, 0.1) is 30.4 Å². The van der Waals surface area contributed by atoms with E-state index in [1.807, 2.05) is 17.2 Å². The first-order valence-electron chi connectivity index (χ1n) is 7.75. The van der Waals surface area contributed by atoms with Crippen LogP contribution in [0.3, 0.4) is 0 Å². The average Bonchev–Trinajstić information content (AvgIpc) is 2.98. The predicted octanol–water partition coefficient (Wildman–Crippen LogP) is 1.01. The number of hydrogen-bond acceptors (Lipinski definition) is 6. The molecular formula is C15H23N3O3S. The number of thiazole rings is 1. The van der Waals surface area contributed by atoms with Crippen LogP contribution in [0, 0.1) is 6.92 Å². The smallest absolute Gasteiger partial charge is 0.273 e. The van der Waals surface area contributed by atoms with Crippen molar-refractivity contribution in [3.63, 3.8) is 0 Å². The van der Waals surface area contributed by atoms with Gasteiger partial charge in [-0.3, -0.25) is 9.69 Å². The fourth-order valence-corrected chi connectivity index (χ4v) is 3.82. The summed E-state index contributed by atoms with van der Waals surface area (Å²) in [4.78, 5) is 21.2. The highest BCUT2D eigenvalue weighted by molar-refractivity contribution is 7.09. The molecule has 0 spiro atoms. The van der Waals surface area contributed by atoms with Crippen LogP contribution in [0.15, 0.2) is 5.38 Å². The summed E-state index contributed by atoms with van der Waals surface area (Å²) in [5.41, 5.74) is 0.570. The first-order valence-corrected chi connectivity index (χ1v) is 8.63. The van der Waals surface area contributed by atoms with Gasteiger partial charge < -0.3 is 14.4 Å².